The van der Waals surface area contributed by atoms with E-state index in [4.69, 9.17) is 0 Å². The van der Waals surface area contributed by atoms with Crippen molar-refractivity contribution in [3.8, 4) is 11.3 Å². The molecule has 1 aromatic heterocycles. The van der Waals surface area contributed by atoms with Crippen LogP contribution < -0.4 is 0 Å². The van der Waals surface area contributed by atoms with E-state index in [1.807, 2.05) is 12.3 Å². The minimum atomic E-state index is 0.578. The number of benzene rings is 1. The van der Waals surface area contributed by atoms with Gasteiger partial charge in [0, 0.05) is 11.8 Å². The maximum Gasteiger partial charge on any atom is 0.0731 e. The maximum absolute atomic E-state index is 4.46. The molecule has 0 saturated heterocycles. The van der Waals surface area contributed by atoms with E-state index >= 15 is 0 Å². The smallest absolute Gasteiger partial charge is 0.0731 e. The Morgan fingerprint density at radius 2 is 1.76 bits per heavy atom. The molecular formula is C16H19N. The van der Waals surface area contributed by atoms with Gasteiger partial charge in [-0.3, -0.25) is 4.98 Å². The van der Waals surface area contributed by atoms with Crippen LogP contribution in [0.5, 0.6) is 0 Å². The number of rotatable bonds is 2. The minimum absolute atomic E-state index is 0.578. The lowest BCUT2D eigenvalue weighted by Crippen LogP contribution is -1.94. The number of hydrogen-bond donors (Lipinski definition) is 0. The van der Waals surface area contributed by atoms with E-state index in [1.165, 1.54) is 22.3 Å². The van der Waals surface area contributed by atoms with Crippen molar-refractivity contribution >= 4 is 0 Å². The van der Waals surface area contributed by atoms with Crippen molar-refractivity contribution in [2.75, 3.05) is 0 Å². The molecule has 0 aliphatic rings. The van der Waals surface area contributed by atoms with Crippen molar-refractivity contribution in [3.05, 3.63) is 53.2 Å². The predicted octanol–water partition coefficient (Wildman–Crippen LogP) is 4.49. The van der Waals surface area contributed by atoms with Gasteiger partial charge < -0.3 is 0 Å². The molecule has 0 atom stereocenters. The van der Waals surface area contributed by atoms with Gasteiger partial charge in [0.05, 0.1) is 5.69 Å². The molecule has 1 nitrogen and oxygen atoms in total. The van der Waals surface area contributed by atoms with Gasteiger partial charge in [0.1, 0.15) is 0 Å². The molecule has 0 unspecified atom stereocenters. The van der Waals surface area contributed by atoms with Crippen molar-refractivity contribution in [2.45, 2.75) is 33.6 Å². The summed E-state index contributed by atoms with van der Waals surface area (Å²) in [5.74, 6) is 0.578. The molecule has 0 radical (unpaired) electrons. The average molecular weight is 225 g/mol. The van der Waals surface area contributed by atoms with E-state index in [1.54, 1.807) is 0 Å². The molecule has 0 fully saturated rings. The number of aryl methyl sites for hydroxylation is 2. The van der Waals surface area contributed by atoms with Crippen LogP contribution in [-0.2, 0) is 0 Å². The van der Waals surface area contributed by atoms with Gasteiger partial charge >= 0.3 is 0 Å². The third kappa shape index (κ3) is 2.38. The highest BCUT2D eigenvalue weighted by atomic mass is 14.7. The van der Waals surface area contributed by atoms with Gasteiger partial charge in [-0.1, -0.05) is 32.0 Å². The lowest BCUT2D eigenvalue weighted by molar-refractivity contribution is 0.857. The Bertz CT molecular complexity index is 527. The van der Waals surface area contributed by atoms with Gasteiger partial charge in [-0.05, 0) is 48.6 Å². The summed E-state index contributed by atoms with van der Waals surface area (Å²) in [5, 5.41) is 0. The highest BCUT2D eigenvalue weighted by Crippen LogP contribution is 2.26. The second kappa shape index (κ2) is 4.70. The van der Waals surface area contributed by atoms with Crippen LogP contribution in [-0.4, -0.2) is 4.98 Å². The Morgan fingerprint density at radius 1 is 1.00 bits per heavy atom. The standard InChI is InChI=1S/C16H19N/c1-11(2)15-8-7-14(10-13(15)4)16-12(3)6-5-9-17-16/h5-11H,1-4H3. The first-order valence-corrected chi connectivity index (χ1v) is 6.12. The summed E-state index contributed by atoms with van der Waals surface area (Å²) in [6, 6.07) is 10.7. The number of aromatic nitrogens is 1. The fourth-order valence-electron chi connectivity index (χ4n) is 2.26. The molecule has 2 aromatic rings. The molecule has 1 heteroatoms. The van der Waals surface area contributed by atoms with Crippen molar-refractivity contribution in [1.29, 1.82) is 0 Å². The summed E-state index contributed by atoms with van der Waals surface area (Å²) in [5.41, 5.74) is 6.30. The Morgan fingerprint density at radius 3 is 2.35 bits per heavy atom. The van der Waals surface area contributed by atoms with E-state index < -0.39 is 0 Å². The van der Waals surface area contributed by atoms with Crippen LogP contribution in [0.1, 0.15) is 36.5 Å². The van der Waals surface area contributed by atoms with Crippen molar-refractivity contribution in [2.24, 2.45) is 0 Å². The number of hydrogen-bond acceptors (Lipinski definition) is 1. The number of nitrogens with zero attached hydrogens (tertiary/aromatic N) is 1. The highest BCUT2D eigenvalue weighted by Gasteiger charge is 2.07. The minimum Gasteiger partial charge on any atom is -0.256 e. The van der Waals surface area contributed by atoms with Crippen LogP contribution in [0.2, 0.25) is 0 Å². The fraction of sp³-hybridized carbons (Fsp3) is 0.312. The molecule has 2 rings (SSSR count). The topological polar surface area (TPSA) is 12.9 Å². The first-order valence-electron chi connectivity index (χ1n) is 6.12. The molecule has 0 aliphatic carbocycles. The van der Waals surface area contributed by atoms with E-state index in [2.05, 4.69) is 56.9 Å². The molecule has 0 saturated carbocycles. The van der Waals surface area contributed by atoms with Gasteiger partial charge in [-0.2, -0.15) is 0 Å². The molecule has 1 heterocycles. The van der Waals surface area contributed by atoms with Gasteiger partial charge in [-0.25, -0.2) is 0 Å². The Hall–Kier alpha value is -1.63. The molecule has 0 aliphatic heterocycles. The van der Waals surface area contributed by atoms with Crippen LogP contribution in [0.15, 0.2) is 36.5 Å². The Balaban J connectivity index is 2.49. The zero-order valence-corrected chi connectivity index (χ0v) is 11.0. The summed E-state index contributed by atoms with van der Waals surface area (Å²) >= 11 is 0. The third-order valence-electron chi connectivity index (χ3n) is 3.17. The molecular weight excluding hydrogens is 206 g/mol. The van der Waals surface area contributed by atoms with Crippen molar-refractivity contribution in [3.63, 3.8) is 0 Å². The zero-order valence-electron chi connectivity index (χ0n) is 11.0. The van der Waals surface area contributed by atoms with Crippen molar-refractivity contribution < 1.29 is 0 Å². The second-order valence-electron chi connectivity index (χ2n) is 4.89. The molecule has 0 bridgehead atoms. The first-order chi connectivity index (χ1) is 8.09. The second-order valence-corrected chi connectivity index (χ2v) is 4.89. The molecule has 88 valence electrons. The van der Waals surface area contributed by atoms with Crippen LogP contribution in [0, 0.1) is 13.8 Å². The van der Waals surface area contributed by atoms with E-state index in [-0.39, 0.29) is 0 Å². The van der Waals surface area contributed by atoms with Crippen LogP contribution in [0.25, 0.3) is 11.3 Å². The Labute approximate surface area is 104 Å². The third-order valence-corrected chi connectivity index (χ3v) is 3.17. The average Bonchev–Trinajstić information content (AvgIpc) is 2.29. The first kappa shape index (κ1) is 11.8. The molecule has 0 amide bonds. The molecule has 0 N–H and O–H groups in total. The molecule has 0 spiro atoms. The number of pyridine rings is 1. The van der Waals surface area contributed by atoms with Crippen LogP contribution in [0.3, 0.4) is 0 Å². The van der Waals surface area contributed by atoms with Crippen LogP contribution >= 0.6 is 0 Å². The maximum atomic E-state index is 4.46. The monoisotopic (exact) mass is 225 g/mol. The Kier molecular flexibility index (Phi) is 3.28. The van der Waals surface area contributed by atoms with Gasteiger partial charge in [-0.15, -0.1) is 0 Å². The van der Waals surface area contributed by atoms with E-state index in [0.717, 1.165) is 5.69 Å². The molecule has 17 heavy (non-hydrogen) atoms. The quantitative estimate of drug-likeness (QED) is 0.734. The lowest BCUT2D eigenvalue weighted by atomic mass is 9.94. The van der Waals surface area contributed by atoms with Crippen molar-refractivity contribution in [1.82, 2.24) is 4.98 Å². The highest BCUT2D eigenvalue weighted by molar-refractivity contribution is 5.64. The SMILES string of the molecule is Cc1cc(-c2ncccc2C)ccc1C(C)C. The largest absolute Gasteiger partial charge is 0.256 e. The van der Waals surface area contributed by atoms with Crippen LogP contribution in [0.4, 0.5) is 0 Å². The molecule has 1 aromatic carbocycles. The zero-order chi connectivity index (χ0) is 12.4. The van der Waals surface area contributed by atoms with Gasteiger partial charge in [0.25, 0.3) is 0 Å². The summed E-state index contributed by atoms with van der Waals surface area (Å²) < 4.78 is 0. The fourth-order valence-corrected chi connectivity index (χ4v) is 2.26. The predicted molar refractivity (Wildman–Crippen MR) is 73.2 cm³/mol. The summed E-state index contributed by atoms with van der Waals surface area (Å²) in [6.07, 6.45) is 1.86. The summed E-state index contributed by atoms with van der Waals surface area (Å²) in [6.45, 7) is 8.74. The van der Waals surface area contributed by atoms with Gasteiger partial charge in [0.15, 0.2) is 0 Å². The van der Waals surface area contributed by atoms with E-state index in [9.17, 15) is 0 Å². The van der Waals surface area contributed by atoms with E-state index in [0.29, 0.717) is 5.92 Å². The summed E-state index contributed by atoms with van der Waals surface area (Å²) in [4.78, 5) is 4.46. The summed E-state index contributed by atoms with van der Waals surface area (Å²) in [7, 11) is 0. The normalized spacial score (nSPS) is 10.9. The van der Waals surface area contributed by atoms with Gasteiger partial charge in [0.2, 0.25) is 0 Å². The lowest BCUT2D eigenvalue weighted by Gasteiger charge is -2.12.